The fraction of sp³-hybridized carbons (Fsp3) is 0.714. The van der Waals surface area contributed by atoms with Gasteiger partial charge in [-0.2, -0.15) is 0 Å². The molecule has 1 atom stereocenters. The highest BCUT2D eigenvalue weighted by molar-refractivity contribution is 6.69. The molecule has 0 bridgehead atoms. The van der Waals surface area contributed by atoms with Crippen LogP contribution in [-0.4, -0.2) is 31.9 Å². The predicted octanol–water partition coefficient (Wildman–Crippen LogP) is 3.23. The third-order valence-corrected chi connectivity index (χ3v) is 3.91. The second kappa shape index (κ2) is 5.29. The maximum Gasteiger partial charge on any atom is 0.187 e. The molecule has 0 saturated heterocycles. The summed E-state index contributed by atoms with van der Waals surface area (Å²) in [6.45, 7) is 10.1. The van der Waals surface area contributed by atoms with Crippen molar-refractivity contribution in [1.82, 2.24) is 0 Å². The van der Waals surface area contributed by atoms with Gasteiger partial charge in [-0.1, -0.05) is 12.2 Å². The van der Waals surface area contributed by atoms with Crippen molar-refractivity contribution in [2.45, 2.75) is 57.7 Å². The fourth-order valence-electron chi connectivity index (χ4n) is 2.07. The van der Waals surface area contributed by atoms with Crippen LogP contribution in [0.5, 0.6) is 0 Å². The molecule has 4 heteroatoms. The van der Waals surface area contributed by atoms with Gasteiger partial charge in [0, 0.05) is 13.5 Å². The number of methoxy groups -OCH3 is 1. The van der Waals surface area contributed by atoms with Gasteiger partial charge < -0.3 is 14.3 Å². The van der Waals surface area contributed by atoms with Crippen LogP contribution in [0, 0.1) is 0 Å². The molecule has 1 aliphatic rings. The van der Waals surface area contributed by atoms with Gasteiger partial charge in [-0.25, -0.2) is 0 Å². The summed E-state index contributed by atoms with van der Waals surface area (Å²) >= 11 is 0. The third-order valence-electron chi connectivity index (χ3n) is 2.95. The quantitative estimate of drug-likeness (QED) is 0.484. The van der Waals surface area contributed by atoms with Crippen molar-refractivity contribution >= 4 is 8.32 Å². The van der Waals surface area contributed by atoms with E-state index in [0.29, 0.717) is 6.42 Å². The lowest BCUT2D eigenvalue weighted by molar-refractivity contribution is -0.127. The van der Waals surface area contributed by atoms with Crippen LogP contribution in [0.4, 0.5) is 0 Å². The van der Waals surface area contributed by atoms with Crippen molar-refractivity contribution in [3.8, 4) is 0 Å². The van der Waals surface area contributed by atoms with E-state index in [1.165, 1.54) is 0 Å². The summed E-state index contributed by atoms with van der Waals surface area (Å²) in [5.74, 6) is -0.669. The Morgan fingerprint density at radius 1 is 1.33 bits per heavy atom. The largest absolute Gasteiger partial charge is 0.388 e. The summed E-state index contributed by atoms with van der Waals surface area (Å²) < 4.78 is 11.8. The van der Waals surface area contributed by atoms with Gasteiger partial charge in [-0.05, 0) is 51.6 Å². The van der Waals surface area contributed by atoms with Gasteiger partial charge in [-0.15, -0.1) is 0 Å². The molecule has 104 valence electrons. The van der Waals surface area contributed by atoms with E-state index in [-0.39, 0.29) is 0 Å². The summed E-state index contributed by atoms with van der Waals surface area (Å²) in [5.41, 5.74) is 0.227. The normalized spacial score (nSPS) is 25.8. The SMILES string of the molecule is COC1(O[Si](C)(C)C)C=CCC(C(C)(C)O)=CC1. The molecule has 18 heavy (non-hydrogen) atoms. The molecular formula is C14H26O3Si. The highest BCUT2D eigenvalue weighted by Crippen LogP contribution is 2.31. The van der Waals surface area contributed by atoms with E-state index in [2.05, 4.69) is 19.6 Å². The van der Waals surface area contributed by atoms with Gasteiger partial charge in [0.25, 0.3) is 0 Å². The molecule has 0 amide bonds. The number of aliphatic hydroxyl groups is 1. The Balaban J connectivity index is 2.95. The van der Waals surface area contributed by atoms with Crippen LogP contribution < -0.4 is 0 Å². The van der Waals surface area contributed by atoms with Crippen molar-refractivity contribution in [1.29, 1.82) is 0 Å². The van der Waals surface area contributed by atoms with Crippen molar-refractivity contribution in [2.75, 3.05) is 7.11 Å². The molecule has 0 saturated carbocycles. The first-order valence-corrected chi connectivity index (χ1v) is 9.84. The minimum absolute atomic E-state index is 0.642. The van der Waals surface area contributed by atoms with Crippen molar-refractivity contribution in [2.24, 2.45) is 0 Å². The summed E-state index contributed by atoms with van der Waals surface area (Å²) in [5, 5.41) is 10.1. The zero-order chi connectivity index (χ0) is 14.0. The molecule has 1 rings (SSSR count). The number of allylic oxidation sites excluding steroid dienone is 1. The van der Waals surface area contributed by atoms with E-state index in [0.717, 1.165) is 12.0 Å². The Morgan fingerprint density at radius 2 is 1.94 bits per heavy atom. The van der Waals surface area contributed by atoms with Crippen molar-refractivity contribution < 1.29 is 14.3 Å². The van der Waals surface area contributed by atoms with E-state index in [4.69, 9.17) is 9.16 Å². The second-order valence-corrected chi connectivity index (χ2v) is 10.8. The van der Waals surface area contributed by atoms with Crippen LogP contribution in [0.15, 0.2) is 23.8 Å². The van der Waals surface area contributed by atoms with E-state index < -0.39 is 19.7 Å². The summed E-state index contributed by atoms with van der Waals surface area (Å²) in [4.78, 5) is 0. The monoisotopic (exact) mass is 270 g/mol. The standard InChI is InChI=1S/C14H26O3Si/c1-13(2,15)12-8-7-10-14(16-3,11-9-12)17-18(4,5)6/h7,9-10,15H,8,11H2,1-6H3. The zero-order valence-electron chi connectivity index (χ0n) is 12.4. The van der Waals surface area contributed by atoms with Crippen LogP contribution in [0.1, 0.15) is 26.7 Å². The first kappa shape index (κ1) is 15.6. The van der Waals surface area contributed by atoms with E-state index in [1.807, 2.05) is 32.1 Å². The first-order chi connectivity index (χ1) is 8.08. The van der Waals surface area contributed by atoms with Crippen LogP contribution in [0.3, 0.4) is 0 Å². The predicted molar refractivity (Wildman–Crippen MR) is 76.9 cm³/mol. The van der Waals surface area contributed by atoms with Crippen LogP contribution in [0.2, 0.25) is 19.6 Å². The molecule has 1 N–H and O–H groups in total. The van der Waals surface area contributed by atoms with Gasteiger partial charge in [0.05, 0.1) is 5.60 Å². The number of rotatable bonds is 4. The Kier molecular flexibility index (Phi) is 4.59. The van der Waals surface area contributed by atoms with Gasteiger partial charge in [-0.3, -0.25) is 0 Å². The molecule has 3 nitrogen and oxygen atoms in total. The molecular weight excluding hydrogens is 244 g/mol. The molecule has 0 aromatic rings. The topological polar surface area (TPSA) is 38.7 Å². The Bertz CT molecular complexity index is 347. The maximum atomic E-state index is 10.1. The van der Waals surface area contributed by atoms with Gasteiger partial charge >= 0.3 is 0 Å². The zero-order valence-corrected chi connectivity index (χ0v) is 13.4. The third kappa shape index (κ3) is 4.35. The van der Waals surface area contributed by atoms with Gasteiger partial charge in [0.15, 0.2) is 14.1 Å². The smallest absolute Gasteiger partial charge is 0.187 e. The number of ether oxygens (including phenoxy) is 1. The van der Waals surface area contributed by atoms with E-state index in [9.17, 15) is 5.11 Å². The molecule has 0 aliphatic heterocycles. The minimum Gasteiger partial charge on any atom is -0.388 e. The van der Waals surface area contributed by atoms with Gasteiger partial charge in [0.1, 0.15) is 0 Å². The second-order valence-electron chi connectivity index (χ2n) is 6.33. The molecule has 1 unspecified atom stereocenters. The first-order valence-electron chi connectivity index (χ1n) is 6.43. The average Bonchev–Trinajstić information content (AvgIpc) is 2.38. The van der Waals surface area contributed by atoms with E-state index in [1.54, 1.807) is 7.11 Å². The molecule has 0 aromatic carbocycles. The Labute approximate surface area is 112 Å². The van der Waals surface area contributed by atoms with Crippen molar-refractivity contribution in [3.63, 3.8) is 0 Å². The molecule has 0 spiro atoms. The lowest BCUT2D eigenvalue weighted by Crippen LogP contribution is -2.42. The average molecular weight is 270 g/mol. The van der Waals surface area contributed by atoms with Crippen LogP contribution >= 0.6 is 0 Å². The summed E-state index contributed by atoms with van der Waals surface area (Å²) in [7, 11) is -0.0222. The molecule has 0 radical (unpaired) electrons. The van der Waals surface area contributed by atoms with E-state index >= 15 is 0 Å². The molecule has 0 heterocycles. The summed E-state index contributed by atoms with van der Waals surface area (Å²) in [6, 6.07) is 0. The maximum absolute atomic E-state index is 10.1. The van der Waals surface area contributed by atoms with Crippen LogP contribution in [0.25, 0.3) is 0 Å². The fourth-order valence-corrected chi connectivity index (χ4v) is 3.34. The highest BCUT2D eigenvalue weighted by Gasteiger charge is 2.34. The number of hydrogen-bond acceptors (Lipinski definition) is 3. The number of hydrogen-bond donors (Lipinski definition) is 1. The molecule has 1 aliphatic carbocycles. The Morgan fingerprint density at radius 3 is 2.39 bits per heavy atom. The summed E-state index contributed by atoms with van der Waals surface area (Å²) in [6.07, 6.45) is 7.44. The lowest BCUT2D eigenvalue weighted by Gasteiger charge is -2.34. The van der Waals surface area contributed by atoms with Gasteiger partial charge in [0.2, 0.25) is 0 Å². The minimum atomic E-state index is -1.70. The lowest BCUT2D eigenvalue weighted by atomic mass is 9.95. The Hall–Kier alpha value is -0.423. The highest BCUT2D eigenvalue weighted by atomic mass is 28.4. The van der Waals surface area contributed by atoms with Crippen molar-refractivity contribution in [3.05, 3.63) is 23.8 Å². The molecule has 0 fully saturated rings. The van der Waals surface area contributed by atoms with Crippen LogP contribution in [-0.2, 0) is 9.16 Å². The molecule has 0 aromatic heterocycles.